The van der Waals surface area contributed by atoms with Gasteiger partial charge in [-0.1, -0.05) is 11.6 Å². The van der Waals surface area contributed by atoms with Crippen LogP contribution < -0.4 is 5.32 Å². The van der Waals surface area contributed by atoms with Gasteiger partial charge in [0.05, 0.1) is 5.69 Å². The molecule has 3 heteroatoms. The van der Waals surface area contributed by atoms with Crippen LogP contribution in [-0.4, -0.2) is 22.9 Å². The van der Waals surface area contributed by atoms with Crippen LogP contribution in [0.25, 0.3) is 6.08 Å². The minimum Gasteiger partial charge on any atom is -0.314 e. The fourth-order valence-electron chi connectivity index (χ4n) is 1.36. The van der Waals surface area contributed by atoms with Gasteiger partial charge in [-0.15, -0.1) is 0 Å². The third-order valence-corrected chi connectivity index (χ3v) is 2.55. The van der Waals surface area contributed by atoms with E-state index in [4.69, 9.17) is 0 Å². The van der Waals surface area contributed by atoms with E-state index < -0.39 is 0 Å². The quantitative estimate of drug-likeness (QED) is 0.792. The van der Waals surface area contributed by atoms with Crippen LogP contribution in [0, 0.1) is 6.92 Å². The van der Waals surface area contributed by atoms with E-state index in [0.29, 0.717) is 6.04 Å². The van der Waals surface area contributed by atoms with Crippen molar-refractivity contribution in [3.63, 3.8) is 0 Å². The first-order valence-corrected chi connectivity index (χ1v) is 4.90. The summed E-state index contributed by atoms with van der Waals surface area (Å²) in [6.45, 7) is 6.31. The van der Waals surface area contributed by atoms with Gasteiger partial charge in [0.15, 0.2) is 0 Å². The van der Waals surface area contributed by atoms with Gasteiger partial charge in [0.25, 0.3) is 0 Å². The summed E-state index contributed by atoms with van der Waals surface area (Å²) in [6.07, 6.45) is 4.23. The van der Waals surface area contributed by atoms with Crippen LogP contribution in [0.1, 0.15) is 25.1 Å². The van der Waals surface area contributed by atoms with Crippen molar-refractivity contribution in [2.24, 2.45) is 7.05 Å². The van der Waals surface area contributed by atoms with Crippen LogP contribution in [0.3, 0.4) is 0 Å². The summed E-state index contributed by atoms with van der Waals surface area (Å²) in [4.78, 5) is 0. The SMILES string of the molecule is CNC(C)/C(C)=C/c1cn(C)nc1C. The molecule has 0 spiro atoms. The molecule has 0 saturated carbocycles. The first-order valence-electron chi connectivity index (χ1n) is 4.90. The van der Waals surface area contributed by atoms with Crippen molar-refractivity contribution < 1.29 is 0 Å². The Bertz CT molecular complexity index is 336. The third kappa shape index (κ3) is 2.45. The third-order valence-electron chi connectivity index (χ3n) is 2.55. The van der Waals surface area contributed by atoms with E-state index in [1.165, 1.54) is 11.1 Å². The fourth-order valence-corrected chi connectivity index (χ4v) is 1.36. The largest absolute Gasteiger partial charge is 0.314 e. The normalized spacial score (nSPS) is 14.5. The highest BCUT2D eigenvalue weighted by molar-refractivity contribution is 5.54. The Kier molecular flexibility index (Phi) is 3.47. The van der Waals surface area contributed by atoms with E-state index in [0.717, 1.165) is 5.69 Å². The molecule has 78 valence electrons. The first-order chi connectivity index (χ1) is 6.54. The first kappa shape index (κ1) is 11.0. The lowest BCUT2D eigenvalue weighted by atomic mass is 10.1. The van der Waals surface area contributed by atoms with Gasteiger partial charge >= 0.3 is 0 Å². The average Bonchev–Trinajstić information content (AvgIpc) is 2.44. The monoisotopic (exact) mass is 193 g/mol. The van der Waals surface area contributed by atoms with Crippen LogP contribution in [0.4, 0.5) is 0 Å². The van der Waals surface area contributed by atoms with Gasteiger partial charge in [0.1, 0.15) is 0 Å². The maximum atomic E-state index is 4.30. The number of aromatic nitrogens is 2. The second-order valence-electron chi connectivity index (χ2n) is 3.74. The molecular weight excluding hydrogens is 174 g/mol. The standard InChI is InChI=1S/C11H19N3/c1-8(9(2)12-4)6-11-7-14(5)13-10(11)3/h6-7,9,12H,1-5H3/b8-6+. The lowest BCUT2D eigenvalue weighted by molar-refractivity contribution is 0.696. The number of hydrogen-bond acceptors (Lipinski definition) is 2. The molecule has 0 aliphatic rings. The molecule has 0 fully saturated rings. The number of rotatable bonds is 3. The molecule has 0 bridgehead atoms. The van der Waals surface area contributed by atoms with Crippen LogP contribution >= 0.6 is 0 Å². The Balaban J connectivity index is 2.91. The van der Waals surface area contributed by atoms with Gasteiger partial charge in [-0.05, 0) is 27.8 Å². The highest BCUT2D eigenvalue weighted by atomic mass is 15.2. The van der Waals surface area contributed by atoms with Crippen molar-refractivity contribution in [3.8, 4) is 0 Å². The average molecular weight is 193 g/mol. The summed E-state index contributed by atoms with van der Waals surface area (Å²) in [7, 11) is 3.92. The van der Waals surface area contributed by atoms with Crippen LogP contribution in [0.2, 0.25) is 0 Å². The molecule has 0 aromatic carbocycles. The fraction of sp³-hybridized carbons (Fsp3) is 0.545. The molecule has 0 radical (unpaired) electrons. The lowest BCUT2D eigenvalue weighted by Crippen LogP contribution is -2.21. The number of likely N-dealkylation sites (N-methyl/N-ethyl adjacent to an activating group) is 1. The summed E-state index contributed by atoms with van der Waals surface area (Å²) in [5.41, 5.74) is 3.60. The van der Waals surface area contributed by atoms with E-state index in [2.05, 4.69) is 30.3 Å². The van der Waals surface area contributed by atoms with Crippen LogP contribution in [0.5, 0.6) is 0 Å². The van der Waals surface area contributed by atoms with E-state index in [9.17, 15) is 0 Å². The van der Waals surface area contributed by atoms with Gasteiger partial charge in [-0.25, -0.2) is 0 Å². The van der Waals surface area contributed by atoms with Crippen molar-refractivity contribution in [2.45, 2.75) is 26.8 Å². The minimum absolute atomic E-state index is 0.412. The maximum absolute atomic E-state index is 4.30. The summed E-state index contributed by atoms with van der Waals surface area (Å²) in [6, 6.07) is 0.412. The van der Waals surface area contributed by atoms with E-state index >= 15 is 0 Å². The second kappa shape index (κ2) is 4.42. The number of nitrogens with zero attached hydrogens (tertiary/aromatic N) is 2. The summed E-state index contributed by atoms with van der Waals surface area (Å²) in [5, 5.41) is 7.52. The van der Waals surface area contributed by atoms with Crippen molar-refractivity contribution in [1.82, 2.24) is 15.1 Å². The van der Waals surface area contributed by atoms with Crippen molar-refractivity contribution >= 4 is 6.08 Å². The number of hydrogen-bond donors (Lipinski definition) is 1. The van der Waals surface area contributed by atoms with Gasteiger partial charge in [-0.2, -0.15) is 5.10 Å². The molecular formula is C11H19N3. The molecule has 0 saturated heterocycles. The van der Waals surface area contributed by atoms with Gasteiger partial charge in [0.2, 0.25) is 0 Å². The van der Waals surface area contributed by atoms with Crippen molar-refractivity contribution in [2.75, 3.05) is 7.05 Å². The zero-order valence-electron chi connectivity index (χ0n) is 9.63. The molecule has 1 aromatic heterocycles. The molecule has 1 aromatic rings. The summed E-state index contributed by atoms with van der Waals surface area (Å²) >= 11 is 0. The molecule has 0 amide bonds. The second-order valence-corrected chi connectivity index (χ2v) is 3.74. The smallest absolute Gasteiger partial charge is 0.0665 e. The Morgan fingerprint density at radius 2 is 2.29 bits per heavy atom. The Morgan fingerprint density at radius 3 is 2.71 bits per heavy atom. The molecule has 1 N–H and O–H groups in total. The lowest BCUT2D eigenvalue weighted by Gasteiger charge is -2.09. The van der Waals surface area contributed by atoms with Gasteiger partial charge in [-0.3, -0.25) is 4.68 Å². The minimum atomic E-state index is 0.412. The Labute approximate surface area is 85.8 Å². The van der Waals surface area contributed by atoms with Crippen LogP contribution in [0.15, 0.2) is 11.8 Å². The molecule has 3 nitrogen and oxygen atoms in total. The zero-order valence-corrected chi connectivity index (χ0v) is 9.63. The van der Waals surface area contributed by atoms with E-state index in [-0.39, 0.29) is 0 Å². The number of nitrogens with one attached hydrogen (secondary N) is 1. The summed E-state index contributed by atoms with van der Waals surface area (Å²) in [5.74, 6) is 0. The van der Waals surface area contributed by atoms with Gasteiger partial charge in [0, 0.05) is 24.8 Å². The van der Waals surface area contributed by atoms with E-state index in [1.54, 1.807) is 0 Å². The summed E-state index contributed by atoms with van der Waals surface area (Å²) < 4.78 is 1.85. The zero-order chi connectivity index (χ0) is 10.7. The molecule has 0 aliphatic carbocycles. The van der Waals surface area contributed by atoms with E-state index in [1.807, 2.05) is 31.9 Å². The predicted octanol–water partition coefficient (Wildman–Crippen LogP) is 1.74. The molecule has 1 rings (SSSR count). The Morgan fingerprint density at radius 1 is 1.64 bits per heavy atom. The van der Waals surface area contributed by atoms with Crippen molar-refractivity contribution in [3.05, 3.63) is 23.0 Å². The molecule has 0 aliphatic heterocycles. The highest BCUT2D eigenvalue weighted by Gasteiger charge is 2.03. The topological polar surface area (TPSA) is 29.9 Å². The predicted molar refractivity (Wildman–Crippen MR) is 60.1 cm³/mol. The highest BCUT2D eigenvalue weighted by Crippen LogP contribution is 2.12. The Hall–Kier alpha value is -1.09. The molecule has 1 atom stereocenters. The maximum Gasteiger partial charge on any atom is 0.0665 e. The van der Waals surface area contributed by atoms with Gasteiger partial charge < -0.3 is 5.32 Å². The molecule has 1 unspecified atom stereocenters. The molecule has 14 heavy (non-hydrogen) atoms. The van der Waals surface area contributed by atoms with Crippen molar-refractivity contribution in [1.29, 1.82) is 0 Å². The number of aryl methyl sites for hydroxylation is 2. The van der Waals surface area contributed by atoms with Crippen LogP contribution in [-0.2, 0) is 7.05 Å². The molecule has 1 heterocycles.